The molecule has 4 heteroatoms. The van der Waals surface area contributed by atoms with E-state index in [1.54, 1.807) is 0 Å². The zero-order valence-electron chi connectivity index (χ0n) is 8.44. The van der Waals surface area contributed by atoms with Crippen LogP contribution in [-0.2, 0) is 14.1 Å². The van der Waals surface area contributed by atoms with E-state index < -0.39 is 0 Å². The van der Waals surface area contributed by atoms with Crippen molar-refractivity contribution in [1.29, 1.82) is 0 Å². The lowest BCUT2D eigenvalue weighted by Crippen LogP contribution is -2.23. The normalized spacial score (nSPS) is 10.8. The molecule has 0 aliphatic heterocycles. The van der Waals surface area contributed by atoms with Gasteiger partial charge in [-0.15, -0.1) is 0 Å². The fourth-order valence-electron chi connectivity index (χ4n) is 1.77. The summed E-state index contributed by atoms with van der Waals surface area (Å²) in [6.45, 7) is 0.317. The lowest BCUT2D eigenvalue weighted by atomic mass is 10.3. The Bertz CT molecular complexity index is 476. The molecule has 0 bridgehead atoms. The van der Waals surface area contributed by atoms with E-state index in [1.807, 2.05) is 35.4 Å². The first-order valence-electron chi connectivity index (χ1n) is 4.56. The Morgan fingerprint density at radius 1 is 1.14 bits per heavy atom. The van der Waals surface area contributed by atoms with E-state index in [0.29, 0.717) is 6.67 Å². The van der Waals surface area contributed by atoms with Crippen LogP contribution in [0.4, 0.5) is 0 Å². The van der Waals surface area contributed by atoms with Crippen molar-refractivity contribution >= 4 is 11.0 Å². The first-order chi connectivity index (χ1) is 6.75. The zero-order valence-corrected chi connectivity index (χ0v) is 8.44. The fraction of sp³-hybridized carbons (Fsp3) is 0.300. The summed E-state index contributed by atoms with van der Waals surface area (Å²) < 4.78 is 4.09. The van der Waals surface area contributed by atoms with E-state index >= 15 is 0 Å². The molecule has 2 aromatic rings. The summed E-state index contributed by atoms with van der Waals surface area (Å²) in [5.74, 6) is 0. The van der Waals surface area contributed by atoms with Gasteiger partial charge >= 0.3 is 0 Å². The van der Waals surface area contributed by atoms with Gasteiger partial charge < -0.3 is 14.9 Å². The minimum Gasteiger partial charge on any atom is -0.313 e. The highest BCUT2D eigenvalue weighted by Crippen LogP contribution is 2.09. The number of aromatic nitrogens is 2. The monoisotopic (exact) mass is 190 g/mol. The number of rotatable bonds is 1. The first kappa shape index (κ1) is 9.02. The van der Waals surface area contributed by atoms with E-state index in [4.69, 9.17) is 5.73 Å². The van der Waals surface area contributed by atoms with Gasteiger partial charge in [0.15, 0.2) is 0 Å². The molecule has 0 spiro atoms. The number of imidazole rings is 1. The SMILES string of the molecule is Cn1c(=NCN)n(C)c2ccccc21. The van der Waals surface area contributed by atoms with Crippen molar-refractivity contribution in [1.82, 2.24) is 9.13 Å². The maximum absolute atomic E-state index is 5.43. The molecule has 0 aliphatic rings. The number of para-hydroxylation sites is 2. The number of benzene rings is 1. The molecule has 0 unspecified atom stereocenters. The number of hydrogen-bond donors (Lipinski definition) is 1. The van der Waals surface area contributed by atoms with Gasteiger partial charge in [0.1, 0.15) is 0 Å². The van der Waals surface area contributed by atoms with Crippen LogP contribution in [-0.4, -0.2) is 15.8 Å². The maximum Gasteiger partial charge on any atom is 0.206 e. The first-order valence-corrected chi connectivity index (χ1v) is 4.56. The van der Waals surface area contributed by atoms with Crippen LogP contribution < -0.4 is 11.4 Å². The summed E-state index contributed by atoms with van der Waals surface area (Å²) in [6.07, 6.45) is 0. The second-order valence-corrected chi connectivity index (χ2v) is 3.25. The molecule has 2 N–H and O–H groups in total. The van der Waals surface area contributed by atoms with E-state index in [-0.39, 0.29) is 0 Å². The molecule has 1 heterocycles. The number of fused-ring (bicyclic) bond motifs is 1. The quantitative estimate of drug-likeness (QED) is 0.692. The molecule has 0 saturated carbocycles. The van der Waals surface area contributed by atoms with Crippen molar-refractivity contribution in [2.75, 3.05) is 6.67 Å². The van der Waals surface area contributed by atoms with Gasteiger partial charge in [-0.05, 0) is 12.1 Å². The van der Waals surface area contributed by atoms with Gasteiger partial charge in [0.05, 0.1) is 17.7 Å². The number of aryl methyl sites for hydroxylation is 2. The molecule has 14 heavy (non-hydrogen) atoms. The molecule has 0 atom stereocenters. The highest BCUT2D eigenvalue weighted by molar-refractivity contribution is 5.75. The van der Waals surface area contributed by atoms with Crippen LogP contribution in [0.25, 0.3) is 11.0 Å². The molecule has 4 nitrogen and oxygen atoms in total. The average molecular weight is 190 g/mol. The maximum atomic E-state index is 5.43. The van der Waals surface area contributed by atoms with Gasteiger partial charge in [-0.25, -0.2) is 4.99 Å². The van der Waals surface area contributed by atoms with E-state index in [0.717, 1.165) is 5.62 Å². The summed E-state index contributed by atoms with van der Waals surface area (Å²) in [5.41, 5.74) is 8.66. The van der Waals surface area contributed by atoms with Gasteiger partial charge in [-0.3, -0.25) is 0 Å². The van der Waals surface area contributed by atoms with Crippen LogP contribution >= 0.6 is 0 Å². The lowest BCUT2D eigenvalue weighted by Gasteiger charge is -1.93. The van der Waals surface area contributed by atoms with E-state index in [2.05, 4.69) is 17.1 Å². The average Bonchev–Trinajstić information content (AvgIpc) is 2.45. The summed E-state index contributed by atoms with van der Waals surface area (Å²) >= 11 is 0. The largest absolute Gasteiger partial charge is 0.313 e. The predicted octanol–water partition coefficient (Wildman–Crippen LogP) is 0.334. The number of nitrogens with zero attached hydrogens (tertiary/aromatic N) is 3. The molecule has 0 fully saturated rings. The Morgan fingerprint density at radius 3 is 2.07 bits per heavy atom. The van der Waals surface area contributed by atoms with Crippen molar-refractivity contribution in [3.8, 4) is 0 Å². The third-order valence-electron chi connectivity index (χ3n) is 2.44. The van der Waals surface area contributed by atoms with Gasteiger partial charge in [0.2, 0.25) is 5.62 Å². The van der Waals surface area contributed by atoms with Crippen LogP contribution in [0.2, 0.25) is 0 Å². The van der Waals surface area contributed by atoms with Crippen LogP contribution in [0.5, 0.6) is 0 Å². The minimum atomic E-state index is 0.317. The summed E-state index contributed by atoms with van der Waals surface area (Å²) in [5, 5.41) is 0. The highest BCUT2D eigenvalue weighted by atomic mass is 15.2. The molecule has 0 radical (unpaired) electrons. The molecule has 0 aliphatic carbocycles. The molecule has 1 aromatic carbocycles. The zero-order chi connectivity index (χ0) is 10.1. The van der Waals surface area contributed by atoms with E-state index in [1.165, 1.54) is 11.0 Å². The van der Waals surface area contributed by atoms with Crippen LogP contribution in [0.1, 0.15) is 0 Å². The highest BCUT2D eigenvalue weighted by Gasteiger charge is 2.03. The number of nitrogens with two attached hydrogens (primary N) is 1. The van der Waals surface area contributed by atoms with Crippen molar-refractivity contribution < 1.29 is 0 Å². The van der Waals surface area contributed by atoms with Gasteiger partial charge in [0.25, 0.3) is 0 Å². The molecule has 1 aromatic heterocycles. The summed E-state index contributed by atoms with van der Waals surface area (Å²) in [4.78, 5) is 4.25. The van der Waals surface area contributed by atoms with Gasteiger partial charge in [-0.2, -0.15) is 0 Å². The van der Waals surface area contributed by atoms with Crippen molar-refractivity contribution in [3.05, 3.63) is 29.9 Å². The van der Waals surface area contributed by atoms with Crippen LogP contribution in [0, 0.1) is 0 Å². The third kappa shape index (κ3) is 1.15. The molecular weight excluding hydrogens is 176 g/mol. The Kier molecular flexibility index (Phi) is 2.13. The smallest absolute Gasteiger partial charge is 0.206 e. The summed E-state index contributed by atoms with van der Waals surface area (Å²) in [6, 6.07) is 8.19. The predicted molar refractivity (Wildman–Crippen MR) is 56.5 cm³/mol. The molecule has 74 valence electrons. The van der Waals surface area contributed by atoms with E-state index in [9.17, 15) is 0 Å². The fourth-order valence-corrected chi connectivity index (χ4v) is 1.77. The lowest BCUT2D eigenvalue weighted by molar-refractivity contribution is 0.736. The standard InChI is InChI=1S/C10H14N4/c1-13-8-5-3-4-6-9(8)14(2)10(13)12-7-11/h3-6H,7,11H2,1-2H3. The van der Waals surface area contributed by atoms with Crippen molar-refractivity contribution in [3.63, 3.8) is 0 Å². The van der Waals surface area contributed by atoms with Crippen LogP contribution in [0.15, 0.2) is 29.3 Å². The number of hydrogen-bond acceptors (Lipinski definition) is 2. The summed E-state index contributed by atoms with van der Waals surface area (Å²) in [7, 11) is 3.99. The van der Waals surface area contributed by atoms with Crippen LogP contribution in [0.3, 0.4) is 0 Å². The molecule has 2 rings (SSSR count). The topological polar surface area (TPSA) is 48.2 Å². The third-order valence-corrected chi connectivity index (χ3v) is 2.44. The molecular formula is C10H14N4. The second kappa shape index (κ2) is 3.31. The van der Waals surface area contributed by atoms with Crippen molar-refractivity contribution in [2.45, 2.75) is 0 Å². The Labute approximate surface area is 82.3 Å². The van der Waals surface area contributed by atoms with Gasteiger partial charge in [-0.1, -0.05) is 12.1 Å². The Hall–Kier alpha value is -1.55. The second-order valence-electron chi connectivity index (χ2n) is 3.25. The molecule has 0 amide bonds. The van der Waals surface area contributed by atoms with Gasteiger partial charge in [0, 0.05) is 14.1 Å². The Balaban J connectivity index is 2.93. The van der Waals surface area contributed by atoms with Crippen molar-refractivity contribution in [2.24, 2.45) is 24.8 Å². The Morgan fingerprint density at radius 2 is 1.64 bits per heavy atom. The minimum absolute atomic E-state index is 0.317. The molecule has 0 saturated heterocycles.